The fourth-order valence-corrected chi connectivity index (χ4v) is 1.27. The molecule has 0 amide bonds. The van der Waals surface area contributed by atoms with E-state index in [1.54, 1.807) is 30.6 Å². The van der Waals surface area contributed by atoms with Crippen molar-refractivity contribution in [2.75, 3.05) is 0 Å². The Labute approximate surface area is 87.8 Å². The van der Waals surface area contributed by atoms with Gasteiger partial charge in [0.2, 0.25) is 0 Å². The van der Waals surface area contributed by atoms with E-state index in [1.165, 1.54) is 0 Å². The monoisotopic (exact) mass is 204 g/mol. The number of benzene rings is 1. The van der Waals surface area contributed by atoms with Crippen LogP contribution in [0.1, 0.15) is 5.69 Å². The number of hydrogen-bond donors (Lipinski definition) is 1. The molecule has 0 bridgehead atoms. The summed E-state index contributed by atoms with van der Waals surface area (Å²) < 4.78 is 7.31. The molecule has 0 fully saturated rings. The van der Waals surface area contributed by atoms with Crippen molar-refractivity contribution >= 4 is 0 Å². The molecule has 78 valence electrons. The number of phenols is 1. The van der Waals surface area contributed by atoms with Crippen LogP contribution in [0.2, 0.25) is 0 Å². The molecule has 15 heavy (non-hydrogen) atoms. The summed E-state index contributed by atoms with van der Waals surface area (Å²) in [5, 5.41) is 9.21. The van der Waals surface area contributed by atoms with Crippen LogP contribution in [0.25, 0.3) is 0 Å². The van der Waals surface area contributed by atoms with Gasteiger partial charge in [0.25, 0.3) is 0 Å². The van der Waals surface area contributed by atoms with E-state index in [1.807, 2.05) is 17.8 Å². The average molecular weight is 204 g/mol. The third kappa shape index (κ3) is 2.49. The first kappa shape index (κ1) is 9.58. The van der Waals surface area contributed by atoms with E-state index in [9.17, 15) is 5.11 Å². The molecule has 0 saturated heterocycles. The fraction of sp³-hybridized carbons (Fsp3) is 0.182. The smallest absolute Gasteiger partial charge is 0.132 e. The van der Waals surface area contributed by atoms with E-state index in [0.29, 0.717) is 12.4 Å². The molecule has 0 unspecified atom stereocenters. The molecule has 0 radical (unpaired) electrons. The highest BCUT2D eigenvalue weighted by Gasteiger charge is 1.99. The van der Waals surface area contributed by atoms with E-state index in [2.05, 4.69) is 4.98 Å². The van der Waals surface area contributed by atoms with Crippen LogP contribution in [0.5, 0.6) is 11.5 Å². The van der Waals surface area contributed by atoms with Gasteiger partial charge < -0.3 is 14.4 Å². The van der Waals surface area contributed by atoms with E-state index in [0.717, 1.165) is 5.69 Å². The third-order valence-corrected chi connectivity index (χ3v) is 1.96. The Morgan fingerprint density at radius 2 is 2.33 bits per heavy atom. The van der Waals surface area contributed by atoms with Gasteiger partial charge in [0.15, 0.2) is 0 Å². The molecule has 4 nitrogen and oxygen atoms in total. The summed E-state index contributed by atoms with van der Waals surface area (Å²) in [6.45, 7) is 0.407. The maximum atomic E-state index is 9.21. The molecule has 0 spiro atoms. The zero-order chi connectivity index (χ0) is 10.7. The van der Waals surface area contributed by atoms with Gasteiger partial charge in [-0.25, -0.2) is 4.98 Å². The maximum absolute atomic E-state index is 9.21. The van der Waals surface area contributed by atoms with Crippen molar-refractivity contribution in [3.8, 4) is 11.5 Å². The average Bonchev–Trinajstić information content (AvgIpc) is 2.62. The summed E-state index contributed by atoms with van der Waals surface area (Å²) in [6, 6.07) is 6.71. The van der Waals surface area contributed by atoms with Gasteiger partial charge in [0.1, 0.15) is 18.1 Å². The number of ether oxygens (including phenoxy) is 1. The number of nitrogens with zero attached hydrogens (tertiary/aromatic N) is 2. The molecular formula is C11H12N2O2. The molecule has 0 aliphatic heterocycles. The number of rotatable bonds is 3. The molecule has 0 atom stereocenters. The van der Waals surface area contributed by atoms with Crippen LogP contribution in [0, 0.1) is 0 Å². The number of aromatic hydroxyl groups is 1. The van der Waals surface area contributed by atoms with E-state index in [-0.39, 0.29) is 5.75 Å². The SMILES string of the molecule is Cn1cnc(COc2cccc(O)c2)c1. The van der Waals surface area contributed by atoms with Crippen LogP contribution in [0.4, 0.5) is 0 Å². The Balaban J connectivity index is 1.99. The summed E-state index contributed by atoms with van der Waals surface area (Å²) in [4.78, 5) is 4.13. The molecule has 4 heteroatoms. The van der Waals surface area contributed by atoms with Gasteiger partial charge in [0.05, 0.1) is 12.0 Å². The van der Waals surface area contributed by atoms with Crippen molar-refractivity contribution in [3.05, 3.63) is 42.5 Å². The summed E-state index contributed by atoms with van der Waals surface area (Å²) >= 11 is 0. The summed E-state index contributed by atoms with van der Waals surface area (Å²) in [5.41, 5.74) is 0.862. The van der Waals surface area contributed by atoms with Crippen LogP contribution in [0.3, 0.4) is 0 Å². The summed E-state index contributed by atoms with van der Waals surface area (Å²) in [5.74, 6) is 0.842. The number of aromatic nitrogens is 2. The second kappa shape index (κ2) is 4.04. The Morgan fingerprint density at radius 3 is 3.00 bits per heavy atom. The third-order valence-electron chi connectivity index (χ3n) is 1.96. The van der Waals surface area contributed by atoms with Crippen LogP contribution >= 0.6 is 0 Å². The quantitative estimate of drug-likeness (QED) is 0.827. The van der Waals surface area contributed by atoms with Crippen molar-refractivity contribution < 1.29 is 9.84 Å². The molecule has 2 rings (SSSR count). The molecule has 1 N–H and O–H groups in total. The van der Waals surface area contributed by atoms with Crippen molar-refractivity contribution in [3.63, 3.8) is 0 Å². The molecule has 0 saturated carbocycles. The highest BCUT2D eigenvalue weighted by molar-refractivity contribution is 5.31. The lowest BCUT2D eigenvalue weighted by Gasteiger charge is -2.03. The van der Waals surface area contributed by atoms with Gasteiger partial charge in [-0.2, -0.15) is 0 Å². The minimum atomic E-state index is 0.202. The van der Waals surface area contributed by atoms with Crippen LogP contribution in [-0.4, -0.2) is 14.7 Å². The minimum Gasteiger partial charge on any atom is -0.508 e. The maximum Gasteiger partial charge on any atom is 0.132 e. The zero-order valence-electron chi connectivity index (χ0n) is 8.42. The molecule has 2 aromatic rings. The van der Waals surface area contributed by atoms with Gasteiger partial charge in [0, 0.05) is 19.3 Å². The molecular weight excluding hydrogens is 192 g/mol. The van der Waals surface area contributed by atoms with Gasteiger partial charge in [-0.3, -0.25) is 0 Å². The first-order valence-electron chi connectivity index (χ1n) is 4.63. The van der Waals surface area contributed by atoms with E-state index < -0.39 is 0 Å². The van der Waals surface area contributed by atoms with E-state index in [4.69, 9.17) is 4.74 Å². The Kier molecular flexibility index (Phi) is 2.58. The predicted molar refractivity (Wildman–Crippen MR) is 55.6 cm³/mol. The lowest BCUT2D eigenvalue weighted by molar-refractivity contribution is 0.300. The summed E-state index contributed by atoms with van der Waals surface area (Å²) in [7, 11) is 1.91. The largest absolute Gasteiger partial charge is 0.508 e. The number of phenolic OH excluding ortho intramolecular Hbond substituents is 1. The number of hydrogen-bond acceptors (Lipinski definition) is 3. The first-order valence-corrected chi connectivity index (χ1v) is 4.63. The standard InChI is InChI=1S/C11H12N2O2/c1-13-6-9(12-8-13)7-15-11-4-2-3-10(14)5-11/h2-6,8,14H,7H2,1H3. The van der Waals surface area contributed by atoms with Gasteiger partial charge >= 0.3 is 0 Å². The molecule has 1 heterocycles. The minimum absolute atomic E-state index is 0.202. The second-order valence-corrected chi connectivity index (χ2v) is 3.32. The van der Waals surface area contributed by atoms with Crippen molar-refractivity contribution in [2.45, 2.75) is 6.61 Å². The first-order chi connectivity index (χ1) is 7.24. The lowest BCUT2D eigenvalue weighted by atomic mass is 10.3. The number of aryl methyl sites for hydroxylation is 1. The van der Waals surface area contributed by atoms with Crippen LogP contribution in [0.15, 0.2) is 36.8 Å². The lowest BCUT2D eigenvalue weighted by Crippen LogP contribution is -1.95. The van der Waals surface area contributed by atoms with Gasteiger partial charge in [-0.15, -0.1) is 0 Å². The van der Waals surface area contributed by atoms with Crippen molar-refractivity contribution in [1.29, 1.82) is 0 Å². The van der Waals surface area contributed by atoms with Crippen molar-refractivity contribution in [1.82, 2.24) is 9.55 Å². The van der Waals surface area contributed by atoms with Crippen LogP contribution in [-0.2, 0) is 13.7 Å². The van der Waals surface area contributed by atoms with Crippen LogP contribution < -0.4 is 4.74 Å². The molecule has 0 aliphatic rings. The van der Waals surface area contributed by atoms with Gasteiger partial charge in [-0.05, 0) is 12.1 Å². The number of imidazole rings is 1. The van der Waals surface area contributed by atoms with Crippen molar-refractivity contribution in [2.24, 2.45) is 7.05 Å². The Morgan fingerprint density at radius 1 is 1.47 bits per heavy atom. The molecule has 1 aromatic carbocycles. The van der Waals surface area contributed by atoms with E-state index >= 15 is 0 Å². The predicted octanol–water partition coefficient (Wildman–Crippen LogP) is 1.70. The Hall–Kier alpha value is -1.97. The highest BCUT2D eigenvalue weighted by atomic mass is 16.5. The topological polar surface area (TPSA) is 47.3 Å². The second-order valence-electron chi connectivity index (χ2n) is 3.32. The van der Waals surface area contributed by atoms with Gasteiger partial charge in [-0.1, -0.05) is 6.07 Å². The normalized spacial score (nSPS) is 10.2. The Bertz CT molecular complexity index is 451. The zero-order valence-corrected chi connectivity index (χ0v) is 8.42. The molecule has 0 aliphatic carbocycles. The summed E-state index contributed by atoms with van der Waals surface area (Å²) in [6.07, 6.45) is 3.62. The fourth-order valence-electron chi connectivity index (χ4n) is 1.27. The highest BCUT2D eigenvalue weighted by Crippen LogP contribution is 2.18. The molecule has 1 aromatic heterocycles.